The zero-order chi connectivity index (χ0) is 31.7. The SMILES string of the molecule is CC(C)CCC[C@@H](C)C1CCC2C3CCC4C[C@@H](OC(=O)CCCCCCCCC(=O)OCCN)CC[C@]4(C)C3CC[C@@]21C. The smallest absolute Gasteiger partial charge is 0.306 e. The van der Waals surface area contributed by atoms with Crippen molar-refractivity contribution in [2.75, 3.05) is 13.2 Å². The molecule has 0 amide bonds. The maximum Gasteiger partial charge on any atom is 0.306 e. The molecule has 44 heavy (non-hydrogen) atoms. The summed E-state index contributed by atoms with van der Waals surface area (Å²) in [5, 5.41) is 0. The lowest BCUT2D eigenvalue weighted by Crippen LogP contribution is -2.54. The molecule has 4 aliphatic carbocycles. The maximum atomic E-state index is 12.7. The molecule has 0 bridgehead atoms. The van der Waals surface area contributed by atoms with Gasteiger partial charge in [-0.3, -0.25) is 9.59 Å². The molecule has 5 nitrogen and oxygen atoms in total. The van der Waals surface area contributed by atoms with Crippen molar-refractivity contribution in [2.45, 2.75) is 169 Å². The summed E-state index contributed by atoms with van der Waals surface area (Å²) in [6, 6.07) is 0. The Morgan fingerprint density at radius 3 is 2.11 bits per heavy atom. The molecule has 0 heterocycles. The van der Waals surface area contributed by atoms with E-state index in [0.29, 0.717) is 36.8 Å². The number of hydrogen-bond donors (Lipinski definition) is 1. The summed E-state index contributed by atoms with van der Waals surface area (Å²) in [4.78, 5) is 24.3. The number of carbonyl (C=O) groups excluding carboxylic acids is 2. The summed E-state index contributed by atoms with van der Waals surface area (Å²) in [6.45, 7) is 13.4. The standard InChI is InChI=1S/C39H69NO4/c1-28(2)13-12-14-29(3)33-19-20-34-32-18-17-30-27-31(21-23-38(30,4)35(32)22-24-39(33,34)5)44-37(42)16-11-9-7-6-8-10-15-36(41)43-26-25-40/h28-35H,6-27,40H2,1-5H3/t29-,30?,31+,32?,33?,34?,35?,38+,39-/m1/s1. The number of ether oxygens (including phenoxy) is 2. The van der Waals surface area contributed by atoms with Crippen LogP contribution in [0, 0.1) is 52.3 Å². The Morgan fingerprint density at radius 1 is 0.750 bits per heavy atom. The molecule has 9 atom stereocenters. The van der Waals surface area contributed by atoms with Gasteiger partial charge in [-0.25, -0.2) is 0 Å². The molecule has 5 heteroatoms. The lowest BCUT2D eigenvalue weighted by molar-refractivity contribution is -0.163. The predicted octanol–water partition coefficient (Wildman–Crippen LogP) is 9.64. The van der Waals surface area contributed by atoms with E-state index in [4.69, 9.17) is 15.2 Å². The van der Waals surface area contributed by atoms with Crippen molar-refractivity contribution < 1.29 is 19.1 Å². The molecule has 4 rings (SSSR count). The summed E-state index contributed by atoms with van der Waals surface area (Å²) in [6.07, 6.45) is 23.4. The van der Waals surface area contributed by atoms with E-state index in [1.54, 1.807) is 0 Å². The molecule has 4 aliphatic rings. The van der Waals surface area contributed by atoms with Crippen LogP contribution in [-0.2, 0) is 19.1 Å². The highest BCUT2D eigenvalue weighted by Gasteiger charge is 2.60. The summed E-state index contributed by atoms with van der Waals surface area (Å²) in [5.41, 5.74) is 6.36. The molecular formula is C39H69NO4. The van der Waals surface area contributed by atoms with Gasteiger partial charge in [0.05, 0.1) is 0 Å². The van der Waals surface area contributed by atoms with E-state index < -0.39 is 0 Å². The van der Waals surface area contributed by atoms with Crippen LogP contribution >= 0.6 is 0 Å². The first kappa shape index (κ1) is 35.7. The molecule has 4 saturated carbocycles. The summed E-state index contributed by atoms with van der Waals surface area (Å²) < 4.78 is 11.1. The van der Waals surface area contributed by atoms with Crippen LogP contribution in [0.15, 0.2) is 0 Å². The van der Waals surface area contributed by atoms with Crippen molar-refractivity contribution in [3.05, 3.63) is 0 Å². The number of nitrogens with two attached hydrogens (primary N) is 1. The summed E-state index contributed by atoms with van der Waals surface area (Å²) in [7, 11) is 0. The van der Waals surface area contributed by atoms with Crippen molar-refractivity contribution in [3.8, 4) is 0 Å². The molecular weight excluding hydrogens is 546 g/mol. The second kappa shape index (κ2) is 16.6. The van der Waals surface area contributed by atoms with E-state index in [1.807, 2.05) is 0 Å². The second-order valence-electron chi connectivity index (χ2n) is 16.7. The Labute approximate surface area is 270 Å². The normalized spacial score (nSPS) is 35.4. The van der Waals surface area contributed by atoms with Crippen LogP contribution in [0.2, 0.25) is 0 Å². The van der Waals surface area contributed by atoms with Gasteiger partial charge in [0, 0.05) is 19.4 Å². The number of hydrogen-bond acceptors (Lipinski definition) is 5. The summed E-state index contributed by atoms with van der Waals surface area (Å²) >= 11 is 0. The Bertz CT molecular complexity index is 905. The van der Waals surface area contributed by atoms with Crippen LogP contribution < -0.4 is 5.73 Å². The molecule has 0 saturated heterocycles. The molecule has 0 aromatic rings. The van der Waals surface area contributed by atoms with E-state index in [9.17, 15) is 9.59 Å². The van der Waals surface area contributed by atoms with Gasteiger partial charge >= 0.3 is 11.9 Å². The third-order valence-electron chi connectivity index (χ3n) is 13.5. The van der Waals surface area contributed by atoms with Crippen molar-refractivity contribution in [3.63, 3.8) is 0 Å². The fourth-order valence-corrected chi connectivity index (χ4v) is 11.1. The first-order valence-corrected chi connectivity index (χ1v) is 19.1. The Hall–Kier alpha value is -1.10. The lowest BCUT2D eigenvalue weighted by atomic mass is 9.44. The third-order valence-corrected chi connectivity index (χ3v) is 13.5. The van der Waals surface area contributed by atoms with Crippen molar-refractivity contribution >= 4 is 11.9 Å². The van der Waals surface area contributed by atoms with Gasteiger partial charge in [0.15, 0.2) is 0 Å². The Kier molecular flexibility index (Phi) is 13.5. The van der Waals surface area contributed by atoms with Crippen LogP contribution in [0.3, 0.4) is 0 Å². The minimum Gasteiger partial charge on any atom is -0.464 e. The average molecular weight is 616 g/mol. The molecule has 5 unspecified atom stereocenters. The van der Waals surface area contributed by atoms with Gasteiger partial charge in [0.1, 0.15) is 12.7 Å². The minimum atomic E-state index is -0.143. The van der Waals surface area contributed by atoms with Gasteiger partial charge in [-0.2, -0.15) is 0 Å². The molecule has 0 spiro atoms. The highest BCUT2D eigenvalue weighted by atomic mass is 16.5. The topological polar surface area (TPSA) is 78.6 Å². The zero-order valence-corrected chi connectivity index (χ0v) is 29.4. The lowest BCUT2D eigenvalue weighted by Gasteiger charge is -2.61. The van der Waals surface area contributed by atoms with Crippen LogP contribution in [-0.4, -0.2) is 31.2 Å². The number of carbonyl (C=O) groups is 2. The van der Waals surface area contributed by atoms with Crippen LogP contribution in [0.4, 0.5) is 0 Å². The van der Waals surface area contributed by atoms with Gasteiger partial charge in [-0.15, -0.1) is 0 Å². The first-order valence-electron chi connectivity index (χ1n) is 19.1. The maximum absolute atomic E-state index is 12.7. The molecule has 2 N–H and O–H groups in total. The van der Waals surface area contributed by atoms with Gasteiger partial charge in [0.2, 0.25) is 0 Å². The van der Waals surface area contributed by atoms with Gasteiger partial charge in [0.25, 0.3) is 0 Å². The number of rotatable bonds is 17. The third kappa shape index (κ3) is 8.82. The zero-order valence-electron chi connectivity index (χ0n) is 29.4. The number of esters is 2. The Balaban J connectivity index is 1.16. The largest absolute Gasteiger partial charge is 0.464 e. The first-order chi connectivity index (χ1) is 21.1. The van der Waals surface area contributed by atoms with Gasteiger partial charge < -0.3 is 15.2 Å². The fraction of sp³-hybridized carbons (Fsp3) is 0.949. The monoisotopic (exact) mass is 616 g/mol. The molecule has 0 aliphatic heterocycles. The number of unbranched alkanes of at least 4 members (excludes halogenated alkanes) is 5. The van der Waals surface area contributed by atoms with E-state index in [0.717, 1.165) is 92.8 Å². The van der Waals surface area contributed by atoms with Crippen molar-refractivity contribution in [1.82, 2.24) is 0 Å². The summed E-state index contributed by atoms with van der Waals surface area (Å²) in [5.74, 6) is 5.97. The highest BCUT2D eigenvalue weighted by molar-refractivity contribution is 5.69. The van der Waals surface area contributed by atoms with Crippen LogP contribution in [0.25, 0.3) is 0 Å². The molecule has 0 aromatic heterocycles. The molecule has 4 fully saturated rings. The van der Waals surface area contributed by atoms with E-state index in [-0.39, 0.29) is 18.0 Å². The van der Waals surface area contributed by atoms with E-state index in [2.05, 4.69) is 34.6 Å². The fourth-order valence-electron chi connectivity index (χ4n) is 11.1. The Morgan fingerprint density at radius 2 is 1.41 bits per heavy atom. The average Bonchev–Trinajstić information content (AvgIpc) is 3.34. The van der Waals surface area contributed by atoms with Crippen LogP contribution in [0.5, 0.6) is 0 Å². The van der Waals surface area contributed by atoms with Gasteiger partial charge in [-0.1, -0.05) is 79.6 Å². The molecule has 0 aromatic carbocycles. The molecule has 254 valence electrons. The second-order valence-corrected chi connectivity index (χ2v) is 16.7. The van der Waals surface area contributed by atoms with E-state index >= 15 is 0 Å². The number of fused-ring (bicyclic) bond motifs is 5. The van der Waals surface area contributed by atoms with Gasteiger partial charge in [-0.05, 0) is 123 Å². The highest BCUT2D eigenvalue weighted by Crippen LogP contribution is 2.68. The van der Waals surface area contributed by atoms with Crippen molar-refractivity contribution in [2.24, 2.45) is 58.0 Å². The predicted molar refractivity (Wildman–Crippen MR) is 180 cm³/mol. The molecule has 0 radical (unpaired) electrons. The van der Waals surface area contributed by atoms with E-state index in [1.165, 1.54) is 64.2 Å². The quantitative estimate of drug-likeness (QED) is 0.130. The van der Waals surface area contributed by atoms with Crippen molar-refractivity contribution in [1.29, 1.82) is 0 Å². The van der Waals surface area contributed by atoms with Crippen LogP contribution in [0.1, 0.15) is 163 Å². The minimum absolute atomic E-state index is 0.0166.